The van der Waals surface area contributed by atoms with E-state index < -0.39 is 0 Å². The first-order chi connectivity index (χ1) is 11.2. The largest absolute Gasteiger partial charge is 0.323 e. The molecule has 0 atom stereocenters. The number of hydrogen-bond donors (Lipinski definition) is 2. The summed E-state index contributed by atoms with van der Waals surface area (Å²) in [5.74, 6) is 0. The molecular formula is C15H17N7O. The molecule has 23 heavy (non-hydrogen) atoms. The smallest absolute Gasteiger partial charge is 0.305 e. The van der Waals surface area contributed by atoms with Gasteiger partial charge in [0, 0.05) is 12.4 Å². The van der Waals surface area contributed by atoms with E-state index in [0.29, 0.717) is 23.1 Å². The average molecular weight is 311 g/mol. The number of aryl methyl sites for hydroxylation is 1. The Kier molecular flexibility index (Phi) is 3.22. The van der Waals surface area contributed by atoms with Crippen LogP contribution in [-0.2, 0) is 0 Å². The second kappa shape index (κ2) is 5.38. The number of amides is 2. The molecule has 1 aliphatic rings. The van der Waals surface area contributed by atoms with Crippen LogP contribution in [-0.4, -0.2) is 30.4 Å². The fourth-order valence-corrected chi connectivity index (χ4v) is 2.66. The van der Waals surface area contributed by atoms with Crippen molar-refractivity contribution in [3.63, 3.8) is 0 Å². The minimum absolute atomic E-state index is 0.322. The summed E-state index contributed by atoms with van der Waals surface area (Å²) in [7, 11) is 0. The summed E-state index contributed by atoms with van der Waals surface area (Å²) < 4.78 is 3.54. The zero-order valence-corrected chi connectivity index (χ0v) is 12.7. The minimum atomic E-state index is -0.322. The monoisotopic (exact) mass is 311 g/mol. The third kappa shape index (κ3) is 2.52. The Balaban J connectivity index is 1.49. The van der Waals surface area contributed by atoms with Crippen molar-refractivity contribution in [2.45, 2.75) is 32.2 Å². The summed E-state index contributed by atoms with van der Waals surface area (Å²) in [4.78, 5) is 16.4. The molecule has 0 aromatic carbocycles. The van der Waals surface area contributed by atoms with Gasteiger partial charge in [-0.25, -0.2) is 14.3 Å². The maximum absolute atomic E-state index is 12.2. The van der Waals surface area contributed by atoms with Gasteiger partial charge in [0.1, 0.15) is 6.33 Å². The molecule has 0 bridgehead atoms. The lowest BCUT2D eigenvalue weighted by Gasteiger charge is -2.25. The highest BCUT2D eigenvalue weighted by Crippen LogP contribution is 2.31. The van der Waals surface area contributed by atoms with Gasteiger partial charge in [0.25, 0.3) is 0 Å². The van der Waals surface area contributed by atoms with Crippen LogP contribution in [0.25, 0.3) is 5.65 Å². The SMILES string of the molecule is Cc1ccn2ncnc2c1NC(=O)Nc1cnn(C2CCC2)c1. The summed E-state index contributed by atoms with van der Waals surface area (Å²) in [6.45, 7) is 1.92. The number of urea groups is 1. The number of carbonyl (C=O) groups is 1. The molecule has 3 aromatic rings. The third-order valence-corrected chi connectivity index (χ3v) is 4.20. The molecule has 4 rings (SSSR count). The van der Waals surface area contributed by atoms with Crippen LogP contribution in [0.4, 0.5) is 16.2 Å². The van der Waals surface area contributed by atoms with E-state index in [1.165, 1.54) is 12.7 Å². The second-order valence-electron chi connectivity index (χ2n) is 5.77. The van der Waals surface area contributed by atoms with Crippen LogP contribution in [0.2, 0.25) is 0 Å². The molecule has 3 aromatic heterocycles. The van der Waals surface area contributed by atoms with Crippen LogP contribution in [0.3, 0.4) is 0 Å². The van der Waals surface area contributed by atoms with E-state index in [1.807, 2.05) is 30.1 Å². The molecule has 1 aliphatic carbocycles. The summed E-state index contributed by atoms with van der Waals surface area (Å²) in [5.41, 5.74) is 2.87. The van der Waals surface area contributed by atoms with Crippen molar-refractivity contribution in [2.24, 2.45) is 0 Å². The molecule has 1 saturated carbocycles. The molecule has 2 N–H and O–H groups in total. The Morgan fingerprint density at radius 2 is 2.17 bits per heavy atom. The number of pyridine rings is 1. The van der Waals surface area contributed by atoms with Crippen LogP contribution in [0.1, 0.15) is 30.9 Å². The second-order valence-corrected chi connectivity index (χ2v) is 5.77. The molecule has 0 saturated heterocycles. The van der Waals surface area contributed by atoms with E-state index in [-0.39, 0.29) is 6.03 Å². The normalized spacial score (nSPS) is 14.7. The quantitative estimate of drug-likeness (QED) is 0.778. The number of nitrogens with one attached hydrogen (secondary N) is 2. The Morgan fingerprint density at radius 1 is 1.30 bits per heavy atom. The van der Waals surface area contributed by atoms with Gasteiger partial charge in [-0.1, -0.05) is 0 Å². The van der Waals surface area contributed by atoms with Crippen molar-refractivity contribution in [3.8, 4) is 0 Å². The van der Waals surface area contributed by atoms with Gasteiger partial charge in [0.2, 0.25) is 0 Å². The number of nitrogens with zero attached hydrogens (tertiary/aromatic N) is 5. The number of fused-ring (bicyclic) bond motifs is 1. The Labute approximate surface area is 132 Å². The van der Waals surface area contributed by atoms with Gasteiger partial charge in [0.05, 0.1) is 23.6 Å². The highest BCUT2D eigenvalue weighted by molar-refractivity contribution is 6.02. The fourth-order valence-electron chi connectivity index (χ4n) is 2.66. The zero-order chi connectivity index (χ0) is 15.8. The Morgan fingerprint density at radius 3 is 2.96 bits per heavy atom. The zero-order valence-electron chi connectivity index (χ0n) is 12.7. The van der Waals surface area contributed by atoms with E-state index in [0.717, 1.165) is 18.4 Å². The summed E-state index contributed by atoms with van der Waals surface area (Å²) in [6, 6.07) is 2.03. The number of aromatic nitrogens is 5. The average Bonchev–Trinajstić information content (AvgIpc) is 3.09. The molecule has 0 unspecified atom stereocenters. The topological polar surface area (TPSA) is 89.1 Å². The predicted octanol–water partition coefficient (Wildman–Crippen LogP) is 2.60. The van der Waals surface area contributed by atoms with Crippen LogP contribution < -0.4 is 10.6 Å². The molecule has 2 amide bonds. The molecule has 8 heteroatoms. The van der Waals surface area contributed by atoms with Gasteiger partial charge in [-0.05, 0) is 37.8 Å². The van der Waals surface area contributed by atoms with Gasteiger partial charge >= 0.3 is 6.03 Å². The number of hydrogen-bond acceptors (Lipinski definition) is 4. The first-order valence-electron chi connectivity index (χ1n) is 7.62. The molecule has 0 radical (unpaired) electrons. The van der Waals surface area contributed by atoms with Crippen molar-refractivity contribution < 1.29 is 4.79 Å². The summed E-state index contributed by atoms with van der Waals surface area (Å²) >= 11 is 0. The van der Waals surface area contributed by atoms with Gasteiger partial charge < -0.3 is 10.6 Å². The summed E-state index contributed by atoms with van der Waals surface area (Å²) in [5, 5.41) is 14.0. The van der Waals surface area contributed by atoms with E-state index in [4.69, 9.17) is 0 Å². The van der Waals surface area contributed by atoms with Crippen LogP contribution in [0.15, 0.2) is 31.0 Å². The fraction of sp³-hybridized carbons (Fsp3) is 0.333. The molecule has 118 valence electrons. The maximum atomic E-state index is 12.2. The molecule has 0 aliphatic heterocycles. The number of carbonyl (C=O) groups excluding carboxylic acids is 1. The van der Waals surface area contributed by atoms with Crippen molar-refractivity contribution in [1.29, 1.82) is 0 Å². The van der Waals surface area contributed by atoms with Crippen molar-refractivity contribution in [2.75, 3.05) is 10.6 Å². The molecular weight excluding hydrogens is 294 g/mol. The first-order valence-corrected chi connectivity index (χ1v) is 7.62. The summed E-state index contributed by atoms with van der Waals surface area (Å²) in [6.07, 6.45) is 10.4. The lowest BCUT2D eigenvalue weighted by atomic mass is 9.93. The third-order valence-electron chi connectivity index (χ3n) is 4.20. The van der Waals surface area contributed by atoms with Gasteiger partial charge in [-0.15, -0.1) is 0 Å². The van der Waals surface area contributed by atoms with Crippen molar-refractivity contribution >= 4 is 23.1 Å². The van der Waals surface area contributed by atoms with Crippen LogP contribution in [0.5, 0.6) is 0 Å². The van der Waals surface area contributed by atoms with Crippen molar-refractivity contribution in [1.82, 2.24) is 24.4 Å². The van der Waals surface area contributed by atoms with Crippen molar-refractivity contribution in [3.05, 3.63) is 36.5 Å². The molecule has 0 spiro atoms. The van der Waals surface area contributed by atoms with E-state index in [1.54, 1.807) is 10.7 Å². The minimum Gasteiger partial charge on any atom is -0.305 e. The number of anilines is 2. The van der Waals surface area contributed by atoms with Gasteiger partial charge in [0.15, 0.2) is 5.65 Å². The Bertz CT molecular complexity index is 862. The highest BCUT2D eigenvalue weighted by Gasteiger charge is 2.20. The standard InChI is InChI=1S/C15H17N7O/c1-10-5-6-21-14(16-9-18-21)13(10)20-15(23)19-11-7-17-22(8-11)12-3-2-4-12/h5-9,12H,2-4H2,1H3,(H2,19,20,23). The lowest BCUT2D eigenvalue weighted by molar-refractivity contribution is 0.262. The predicted molar refractivity (Wildman–Crippen MR) is 85.5 cm³/mol. The molecule has 3 heterocycles. The number of rotatable bonds is 3. The van der Waals surface area contributed by atoms with E-state index >= 15 is 0 Å². The van der Waals surface area contributed by atoms with Crippen LogP contribution in [0, 0.1) is 6.92 Å². The van der Waals surface area contributed by atoms with E-state index in [9.17, 15) is 4.79 Å². The van der Waals surface area contributed by atoms with Crippen LogP contribution >= 0.6 is 0 Å². The molecule has 1 fully saturated rings. The maximum Gasteiger partial charge on any atom is 0.323 e. The molecule has 8 nitrogen and oxygen atoms in total. The van der Waals surface area contributed by atoms with Gasteiger partial charge in [-0.2, -0.15) is 10.2 Å². The lowest BCUT2D eigenvalue weighted by Crippen LogP contribution is -2.20. The first kappa shape index (κ1) is 13.7. The van der Waals surface area contributed by atoms with E-state index in [2.05, 4.69) is 25.8 Å². The Hall–Kier alpha value is -2.90. The highest BCUT2D eigenvalue weighted by atomic mass is 16.2. The van der Waals surface area contributed by atoms with Gasteiger partial charge in [-0.3, -0.25) is 4.68 Å².